The molecule has 0 saturated heterocycles. The van der Waals surface area contributed by atoms with Gasteiger partial charge in [-0.2, -0.15) is 0 Å². The van der Waals surface area contributed by atoms with Gasteiger partial charge in [0, 0.05) is 22.5 Å². The van der Waals surface area contributed by atoms with Crippen molar-refractivity contribution in [3.63, 3.8) is 0 Å². The van der Waals surface area contributed by atoms with Crippen molar-refractivity contribution >= 4 is 27.2 Å². The molecule has 0 saturated carbocycles. The normalized spacial score (nSPS) is 10.8. The molecule has 3 heterocycles. The fourth-order valence-corrected chi connectivity index (χ4v) is 2.94. The van der Waals surface area contributed by atoms with Crippen LogP contribution in [-0.2, 0) is 13.0 Å². The molecule has 3 nitrogen and oxygen atoms in total. The van der Waals surface area contributed by atoms with Gasteiger partial charge < -0.3 is 5.32 Å². The number of pyridine rings is 2. The number of fused-ring (bicyclic) bond motifs is 1. The molecule has 0 unspecified atom stereocenters. The molecule has 0 aliphatic heterocycles. The van der Waals surface area contributed by atoms with Crippen LogP contribution in [0.3, 0.4) is 0 Å². The first kappa shape index (κ1) is 12.1. The molecular formula is C15H15N3S. The van der Waals surface area contributed by atoms with E-state index in [2.05, 4.69) is 39.7 Å². The van der Waals surface area contributed by atoms with Crippen LogP contribution < -0.4 is 5.32 Å². The summed E-state index contributed by atoms with van der Waals surface area (Å²) in [4.78, 5) is 8.86. The third kappa shape index (κ3) is 2.44. The maximum atomic E-state index is 4.44. The maximum absolute atomic E-state index is 4.44. The van der Waals surface area contributed by atoms with Gasteiger partial charge in [-0.1, -0.05) is 13.0 Å². The van der Waals surface area contributed by atoms with Gasteiger partial charge in [-0.25, -0.2) is 4.98 Å². The van der Waals surface area contributed by atoms with Crippen LogP contribution in [0, 0.1) is 0 Å². The van der Waals surface area contributed by atoms with Crippen molar-refractivity contribution in [2.45, 2.75) is 19.9 Å². The largest absolute Gasteiger partial charge is 0.364 e. The predicted octanol–water partition coefficient (Wildman–Crippen LogP) is 3.87. The molecule has 0 radical (unpaired) electrons. The molecule has 0 fully saturated rings. The van der Waals surface area contributed by atoms with Gasteiger partial charge in [0.25, 0.3) is 0 Å². The molecule has 0 aliphatic rings. The lowest BCUT2D eigenvalue weighted by Crippen LogP contribution is -2.06. The van der Waals surface area contributed by atoms with Gasteiger partial charge in [-0.15, -0.1) is 11.3 Å². The third-order valence-electron chi connectivity index (χ3n) is 3.17. The van der Waals surface area contributed by atoms with E-state index >= 15 is 0 Å². The first-order chi connectivity index (χ1) is 9.38. The van der Waals surface area contributed by atoms with Crippen LogP contribution in [-0.4, -0.2) is 9.97 Å². The van der Waals surface area contributed by atoms with E-state index in [0.29, 0.717) is 6.54 Å². The molecule has 1 N–H and O–H groups in total. The molecule has 0 aliphatic carbocycles. The summed E-state index contributed by atoms with van der Waals surface area (Å²) in [5.74, 6) is 0.937. The second-order valence-electron chi connectivity index (χ2n) is 4.31. The van der Waals surface area contributed by atoms with Crippen molar-refractivity contribution in [2.24, 2.45) is 0 Å². The van der Waals surface area contributed by atoms with E-state index < -0.39 is 0 Å². The van der Waals surface area contributed by atoms with Gasteiger partial charge in [0.05, 0.1) is 12.2 Å². The molecule has 3 aromatic rings. The summed E-state index contributed by atoms with van der Waals surface area (Å²) < 4.78 is 1.26. The van der Waals surface area contributed by atoms with Crippen molar-refractivity contribution in [3.8, 4) is 0 Å². The summed E-state index contributed by atoms with van der Waals surface area (Å²) >= 11 is 1.74. The molecular weight excluding hydrogens is 254 g/mol. The average Bonchev–Trinajstić information content (AvgIpc) is 2.94. The lowest BCUT2D eigenvalue weighted by Gasteiger charge is -2.09. The fraction of sp³-hybridized carbons (Fsp3) is 0.200. The molecule has 0 aromatic carbocycles. The van der Waals surface area contributed by atoms with Crippen LogP contribution in [0.15, 0.2) is 42.0 Å². The Hall–Kier alpha value is -1.94. The number of rotatable bonds is 4. The number of hydrogen-bond acceptors (Lipinski definition) is 4. The van der Waals surface area contributed by atoms with Crippen molar-refractivity contribution < 1.29 is 0 Å². The molecule has 3 rings (SSSR count). The number of thiophene rings is 1. The minimum Gasteiger partial charge on any atom is -0.364 e. The number of nitrogens with one attached hydrogen (secondary N) is 1. The molecule has 19 heavy (non-hydrogen) atoms. The zero-order chi connectivity index (χ0) is 13.1. The van der Waals surface area contributed by atoms with Crippen LogP contribution in [0.2, 0.25) is 0 Å². The van der Waals surface area contributed by atoms with E-state index in [0.717, 1.165) is 17.9 Å². The zero-order valence-corrected chi connectivity index (χ0v) is 11.6. The molecule has 96 valence electrons. The highest BCUT2D eigenvalue weighted by molar-refractivity contribution is 7.17. The van der Waals surface area contributed by atoms with E-state index in [1.165, 1.54) is 15.6 Å². The van der Waals surface area contributed by atoms with Crippen molar-refractivity contribution in [3.05, 3.63) is 53.3 Å². The van der Waals surface area contributed by atoms with Gasteiger partial charge >= 0.3 is 0 Å². The van der Waals surface area contributed by atoms with Gasteiger partial charge in [0.2, 0.25) is 0 Å². The Balaban J connectivity index is 1.84. The predicted molar refractivity (Wildman–Crippen MR) is 80.6 cm³/mol. The zero-order valence-electron chi connectivity index (χ0n) is 10.8. The number of aromatic nitrogens is 2. The Bertz CT molecular complexity index is 690. The standard InChI is InChI=1S/C15H15N3S/c1-2-11-4-3-7-16-13(11)10-18-15-12-6-9-19-14(12)5-8-17-15/h3-9H,2,10H2,1H3,(H,17,18). The van der Waals surface area contributed by atoms with Crippen LogP contribution in [0.1, 0.15) is 18.2 Å². The molecule has 0 spiro atoms. The lowest BCUT2D eigenvalue weighted by atomic mass is 10.1. The molecule has 4 heteroatoms. The topological polar surface area (TPSA) is 37.8 Å². The summed E-state index contributed by atoms with van der Waals surface area (Å²) in [5.41, 5.74) is 2.38. The third-order valence-corrected chi connectivity index (χ3v) is 4.05. The Morgan fingerprint density at radius 1 is 1.16 bits per heavy atom. The number of hydrogen-bond donors (Lipinski definition) is 1. The van der Waals surface area contributed by atoms with Crippen molar-refractivity contribution in [2.75, 3.05) is 5.32 Å². The molecule has 0 bridgehead atoms. The summed E-state index contributed by atoms with van der Waals surface area (Å²) in [6.07, 6.45) is 4.69. The van der Waals surface area contributed by atoms with Gasteiger partial charge in [0.15, 0.2) is 0 Å². The van der Waals surface area contributed by atoms with Gasteiger partial charge in [0.1, 0.15) is 5.82 Å². The lowest BCUT2D eigenvalue weighted by molar-refractivity contribution is 0.967. The highest BCUT2D eigenvalue weighted by Crippen LogP contribution is 2.26. The molecule has 0 atom stereocenters. The van der Waals surface area contributed by atoms with E-state index in [1.807, 2.05) is 24.5 Å². The molecule has 3 aromatic heterocycles. The highest BCUT2D eigenvalue weighted by atomic mass is 32.1. The Morgan fingerprint density at radius 2 is 2.11 bits per heavy atom. The van der Waals surface area contributed by atoms with E-state index in [4.69, 9.17) is 0 Å². The highest BCUT2D eigenvalue weighted by Gasteiger charge is 2.05. The Labute approximate surface area is 116 Å². The Morgan fingerprint density at radius 3 is 3.00 bits per heavy atom. The van der Waals surface area contributed by atoms with Crippen LogP contribution >= 0.6 is 11.3 Å². The van der Waals surface area contributed by atoms with Crippen LogP contribution in [0.25, 0.3) is 10.1 Å². The maximum Gasteiger partial charge on any atom is 0.134 e. The average molecular weight is 269 g/mol. The summed E-state index contributed by atoms with van der Waals surface area (Å²) in [7, 11) is 0. The van der Waals surface area contributed by atoms with E-state index in [9.17, 15) is 0 Å². The summed E-state index contributed by atoms with van der Waals surface area (Å²) in [6, 6.07) is 8.26. The summed E-state index contributed by atoms with van der Waals surface area (Å²) in [5, 5.41) is 6.67. The van der Waals surface area contributed by atoms with Crippen molar-refractivity contribution in [1.82, 2.24) is 9.97 Å². The van der Waals surface area contributed by atoms with Gasteiger partial charge in [-0.3, -0.25) is 4.98 Å². The monoisotopic (exact) mass is 269 g/mol. The first-order valence-electron chi connectivity index (χ1n) is 6.37. The summed E-state index contributed by atoms with van der Waals surface area (Å²) in [6.45, 7) is 2.87. The van der Waals surface area contributed by atoms with Crippen molar-refractivity contribution in [1.29, 1.82) is 0 Å². The van der Waals surface area contributed by atoms with E-state index in [-0.39, 0.29) is 0 Å². The first-order valence-corrected chi connectivity index (χ1v) is 7.25. The van der Waals surface area contributed by atoms with Crippen LogP contribution in [0.4, 0.5) is 5.82 Å². The fourth-order valence-electron chi connectivity index (χ4n) is 2.16. The van der Waals surface area contributed by atoms with Crippen LogP contribution in [0.5, 0.6) is 0 Å². The van der Waals surface area contributed by atoms with Gasteiger partial charge in [-0.05, 0) is 35.6 Å². The molecule has 0 amide bonds. The second-order valence-corrected chi connectivity index (χ2v) is 5.26. The number of aryl methyl sites for hydroxylation is 1. The minimum absolute atomic E-state index is 0.714. The van der Waals surface area contributed by atoms with E-state index in [1.54, 1.807) is 11.3 Å². The SMILES string of the molecule is CCc1cccnc1CNc1nccc2sccc12. The number of anilines is 1. The smallest absolute Gasteiger partial charge is 0.134 e. The number of nitrogens with zero attached hydrogens (tertiary/aromatic N) is 2. The minimum atomic E-state index is 0.714. The quantitative estimate of drug-likeness (QED) is 0.781. The Kier molecular flexibility index (Phi) is 3.42. The second kappa shape index (κ2) is 5.36.